The molecular weight excluding hydrogens is 255 g/mol. The summed E-state index contributed by atoms with van der Waals surface area (Å²) in [5.74, 6) is -0.345. The number of hydrogen-bond acceptors (Lipinski definition) is 2. The minimum atomic E-state index is -0.364. The molecule has 2 saturated heterocycles. The number of Topliss-reactive ketones (excluding diaryl/α,β-unsaturated/α-hetero) is 1. The van der Waals surface area contributed by atoms with Crippen molar-refractivity contribution in [2.24, 2.45) is 5.92 Å². The Morgan fingerprint density at radius 1 is 1.44 bits per heavy atom. The lowest BCUT2D eigenvalue weighted by Gasteiger charge is -2.17. The summed E-state index contributed by atoms with van der Waals surface area (Å²) in [5, 5.41) is 0.461. The maximum atomic E-state index is 13.6. The van der Waals surface area contributed by atoms with Crippen molar-refractivity contribution in [3.05, 3.63) is 34.6 Å². The van der Waals surface area contributed by atoms with Crippen LogP contribution >= 0.6 is 11.6 Å². The van der Waals surface area contributed by atoms with Gasteiger partial charge in [0, 0.05) is 17.4 Å². The lowest BCUT2D eigenvalue weighted by molar-refractivity contribution is -0.123. The Hall–Kier alpha value is -0.930. The number of fused-ring (bicyclic) bond motifs is 2. The number of halogens is 2. The van der Waals surface area contributed by atoms with Crippen molar-refractivity contribution in [1.29, 1.82) is 0 Å². The Balaban J connectivity index is 1.72. The van der Waals surface area contributed by atoms with Gasteiger partial charge in [0.15, 0.2) is 0 Å². The Kier molecular flexibility index (Phi) is 3.12. The van der Waals surface area contributed by atoms with Crippen LogP contribution in [0.1, 0.15) is 24.8 Å². The van der Waals surface area contributed by atoms with E-state index >= 15 is 0 Å². The van der Waals surface area contributed by atoms with E-state index in [1.165, 1.54) is 18.2 Å². The van der Waals surface area contributed by atoms with Gasteiger partial charge in [-0.25, -0.2) is 4.39 Å². The van der Waals surface area contributed by atoms with Crippen LogP contribution in [0.2, 0.25) is 5.02 Å². The van der Waals surface area contributed by atoms with Crippen LogP contribution < -0.4 is 0 Å². The minimum Gasteiger partial charge on any atom is -0.374 e. The van der Waals surface area contributed by atoms with Crippen molar-refractivity contribution in [3.63, 3.8) is 0 Å². The van der Waals surface area contributed by atoms with Crippen LogP contribution in [0.3, 0.4) is 0 Å². The first kappa shape index (κ1) is 12.1. The standard InChI is InChI=1S/C14H14ClFO2/c15-9-1-3-12(16)8(5-9)6-13(17)11-7-10-2-4-14(11)18-10/h1,3,5,10-11,14H,2,4,6-7H2. The Labute approximate surface area is 110 Å². The normalized spacial score (nSPS) is 29.8. The lowest BCUT2D eigenvalue weighted by atomic mass is 9.84. The number of rotatable bonds is 3. The summed E-state index contributed by atoms with van der Waals surface area (Å²) < 4.78 is 19.2. The zero-order valence-corrected chi connectivity index (χ0v) is 10.6. The second-order valence-electron chi connectivity index (χ2n) is 5.09. The van der Waals surface area contributed by atoms with Gasteiger partial charge in [-0.2, -0.15) is 0 Å². The number of hydrogen-bond donors (Lipinski definition) is 0. The molecular formula is C14H14ClFO2. The van der Waals surface area contributed by atoms with Crippen LogP contribution in [-0.4, -0.2) is 18.0 Å². The first-order valence-corrected chi connectivity index (χ1v) is 6.63. The maximum Gasteiger partial charge on any atom is 0.143 e. The number of carbonyl (C=O) groups excluding carboxylic acids is 1. The van der Waals surface area contributed by atoms with Crippen LogP contribution in [0.25, 0.3) is 0 Å². The van der Waals surface area contributed by atoms with E-state index in [4.69, 9.17) is 16.3 Å². The molecule has 4 heteroatoms. The molecule has 2 aliphatic heterocycles. The van der Waals surface area contributed by atoms with Gasteiger partial charge in [0.05, 0.1) is 12.2 Å². The smallest absolute Gasteiger partial charge is 0.143 e. The van der Waals surface area contributed by atoms with Crippen LogP contribution in [0, 0.1) is 11.7 Å². The average molecular weight is 269 g/mol. The molecule has 0 amide bonds. The molecule has 2 heterocycles. The van der Waals surface area contributed by atoms with Gasteiger partial charge < -0.3 is 4.74 Å². The molecule has 0 spiro atoms. The highest BCUT2D eigenvalue weighted by Crippen LogP contribution is 2.39. The van der Waals surface area contributed by atoms with Gasteiger partial charge in [-0.1, -0.05) is 11.6 Å². The van der Waals surface area contributed by atoms with E-state index in [-0.39, 0.29) is 36.1 Å². The number of benzene rings is 1. The number of ketones is 1. The van der Waals surface area contributed by atoms with E-state index < -0.39 is 0 Å². The van der Waals surface area contributed by atoms with Crippen molar-refractivity contribution in [1.82, 2.24) is 0 Å². The van der Waals surface area contributed by atoms with E-state index in [0.29, 0.717) is 10.6 Å². The van der Waals surface area contributed by atoms with Gasteiger partial charge >= 0.3 is 0 Å². The largest absolute Gasteiger partial charge is 0.374 e. The first-order valence-electron chi connectivity index (χ1n) is 6.25. The van der Waals surface area contributed by atoms with Gasteiger partial charge in [-0.05, 0) is 43.0 Å². The summed E-state index contributed by atoms with van der Waals surface area (Å²) in [4.78, 5) is 12.2. The fraction of sp³-hybridized carbons (Fsp3) is 0.500. The Morgan fingerprint density at radius 3 is 2.94 bits per heavy atom. The number of carbonyl (C=O) groups is 1. The molecule has 2 aliphatic rings. The molecule has 3 atom stereocenters. The van der Waals surface area contributed by atoms with Crippen molar-refractivity contribution < 1.29 is 13.9 Å². The molecule has 0 aliphatic carbocycles. The van der Waals surface area contributed by atoms with Gasteiger partial charge in [0.1, 0.15) is 11.6 Å². The molecule has 96 valence electrons. The summed E-state index contributed by atoms with van der Waals surface area (Å²) >= 11 is 5.82. The SMILES string of the molecule is O=C(Cc1cc(Cl)ccc1F)C1CC2CCC1O2. The fourth-order valence-electron chi connectivity index (χ4n) is 2.97. The van der Waals surface area contributed by atoms with E-state index in [2.05, 4.69) is 0 Å². The third-order valence-corrected chi connectivity index (χ3v) is 4.13. The van der Waals surface area contributed by atoms with Crippen molar-refractivity contribution in [2.75, 3.05) is 0 Å². The molecule has 2 bridgehead atoms. The molecule has 0 radical (unpaired) electrons. The van der Waals surface area contributed by atoms with E-state index in [9.17, 15) is 9.18 Å². The van der Waals surface area contributed by atoms with Gasteiger partial charge in [0.25, 0.3) is 0 Å². The summed E-state index contributed by atoms with van der Waals surface area (Å²) in [6.45, 7) is 0. The van der Waals surface area contributed by atoms with Crippen LogP contribution in [0.4, 0.5) is 4.39 Å². The second kappa shape index (κ2) is 4.63. The minimum absolute atomic E-state index is 0.0536. The van der Waals surface area contributed by atoms with Crippen molar-refractivity contribution in [2.45, 2.75) is 37.9 Å². The average Bonchev–Trinajstić information content (AvgIpc) is 2.96. The zero-order chi connectivity index (χ0) is 12.7. The topological polar surface area (TPSA) is 26.3 Å². The summed E-state index contributed by atoms with van der Waals surface area (Å²) in [6.07, 6.45) is 3.23. The third kappa shape index (κ3) is 2.17. The van der Waals surface area contributed by atoms with Crippen LogP contribution in [-0.2, 0) is 16.0 Å². The van der Waals surface area contributed by atoms with Crippen molar-refractivity contribution >= 4 is 17.4 Å². The predicted molar refractivity (Wildman–Crippen MR) is 66.1 cm³/mol. The molecule has 3 unspecified atom stereocenters. The van der Waals surface area contributed by atoms with Crippen molar-refractivity contribution in [3.8, 4) is 0 Å². The lowest BCUT2D eigenvalue weighted by Crippen LogP contribution is -2.26. The molecule has 1 aromatic carbocycles. The summed E-state index contributed by atoms with van der Waals surface area (Å²) in [7, 11) is 0. The number of ether oxygens (including phenoxy) is 1. The molecule has 0 aromatic heterocycles. The summed E-state index contributed by atoms with van der Waals surface area (Å²) in [6, 6.07) is 4.33. The molecule has 2 fully saturated rings. The van der Waals surface area contributed by atoms with Crippen LogP contribution in [0.15, 0.2) is 18.2 Å². The fourth-order valence-corrected chi connectivity index (χ4v) is 3.17. The summed E-state index contributed by atoms with van der Waals surface area (Å²) in [5.41, 5.74) is 0.385. The van der Waals surface area contributed by atoms with E-state index in [1.54, 1.807) is 0 Å². The van der Waals surface area contributed by atoms with Gasteiger partial charge in [0.2, 0.25) is 0 Å². The highest BCUT2D eigenvalue weighted by atomic mass is 35.5. The zero-order valence-electron chi connectivity index (χ0n) is 9.86. The second-order valence-corrected chi connectivity index (χ2v) is 5.53. The Morgan fingerprint density at radius 2 is 2.28 bits per heavy atom. The third-order valence-electron chi connectivity index (χ3n) is 3.89. The monoisotopic (exact) mass is 268 g/mol. The van der Waals surface area contributed by atoms with E-state index in [0.717, 1.165) is 19.3 Å². The molecule has 0 N–H and O–H groups in total. The first-order chi connectivity index (χ1) is 8.63. The maximum absolute atomic E-state index is 13.6. The predicted octanol–water partition coefficient (Wildman–Crippen LogP) is 3.16. The molecule has 3 rings (SSSR count). The Bertz CT molecular complexity index is 489. The van der Waals surface area contributed by atoms with E-state index in [1.807, 2.05) is 0 Å². The van der Waals surface area contributed by atoms with Gasteiger partial charge in [-0.3, -0.25) is 4.79 Å². The molecule has 1 aromatic rings. The molecule has 2 nitrogen and oxygen atoms in total. The molecule has 0 saturated carbocycles. The molecule has 18 heavy (non-hydrogen) atoms. The highest BCUT2D eigenvalue weighted by Gasteiger charge is 2.43. The quantitative estimate of drug-likeness (QED) is 0.842. The van der Waals surface area contributed by atoms with Gasteiger partial charge in [-0.15, -0.1) is 0 Å². The van der Waals surface area contributed by atoms with Crippen LogP contribution in [0.5, 0.6) is 0 Å². The highest BCUT2D eigenvalue weighted by molar-refractivity contribution is 6.30.